The standard InChI is InChI=1S/C16H23N3O2/c1-20-12-6-5-9-16(10-12)11-18-15(17)19(16)13-7-3-4-8-14(13)21-2/h3-4,7-8,12H,5-6,9-11H2,1-2H3,(H2,17,18). The summed E-state index contributed by atoms with van der Waals surface area (Å²) in [6.07, 6.45) is 4.54. The second-order valence-corrected chi connectivity index (χ2v) is 5.86. The second-order valence-electron chi connectivity index (χ2n) is 5.86. The molecule has 0 radical (unpaired) electrons. The van der Waals surface area contributed by atoms with Crippen molar-refractivity contribution in [3.63, 3.8) is 0 Å². The number of aliphatic imine (C=N–C) groups is 1. The Bertz CT molecular complexity index is 546. The first kappa shape index (κ1) is 14.2. The summed E-state index contributed by atoms with van der Waals surface area (Å²) in [7, 11) is 3.48. The molecule has 5 nitrogen and oxygen atoms in total. The molecule has 1 saturated carbocycles. The van der Waals surface area contributed by atoms with Crippen molar-refractivity contribution in [2.45, 2.75) is 37.3 Å². The lowest BCUT2D eigenvalue weighted by atomic mass is 9.79. The molecule has 1 aromatic carbocycles. The predicted octanol–water partition coefficient (Wildman–Crippen LogP) is 2.16. The Morgan fingerprint density at radius 2 is 2.14 bits per heavy atom. The monoisotopic (exact) mass is 289 g/mol. The van der Waals surface area contributed by atoms with E-state index in [2.05, 4.69) is 9.89 Å². The zero-order chi connectivity index (χ0) is 14.9. The Balaban J connectivity index is 1.99. The topological polar surface area (TPSA) is 60.1 Å². The maximum Gasteiger partial charge on any atom is 0.196 e. The van der Waals surface area contributed by atoms with Gasteiger partial charge < -0.3 is 20.1 Å². The second kappa shape index (κ2) is 5.56. The first-order valence-electron chi connectivity index (χ1n) is 7.46. The molecule has 2 unspecified atom stereocenters. The summed E-state index contributed by atoms with van der Waals surface area (Å²) in [4.78, 5) is 6.69. The van der Waals surface area contributed by atoms with Crippen LogP contribution in [0.5, 0.6) is 5.75 Å². The Morgan fingerprint density at radius 1 is 1.33 bits per heavy atom. The van der Waals surface area contributed by atoms with Gasteiger partial charge in [0.2, 0.25) is 0 Å². The zero-order valence-electron chi connectivity index (χ0n) is 12.7. The third-order valence-corrected chi connectivity index (χ3v) is 4.67. The lowest BCUT2D eigenvalue weighted by Crippen LogP contribution is -2.55. The van der Waals surface area contributed by atoms with Crippen molar-refractivity contribution in [1.29, 1.82) is 0 Å². The molecule has 1 spiro atoms. The van der Waals surface area contributed by atoms with Crippen molar-refractivity contribution < 1.29 is 9.47 Å². The number of para-hydroxylation sites is 2. The third kappa shape index (κ3) is 2.35. The largest absolute Gasteiger partial charge is 0.495 e. The van der Waals surface area contributed by atoms with Crippen molar-refractivity contribution >= 4 is 11.6 Å². The third-order valence-electron chi connectivity index (χ3n) is 4.67. The number of hydrogen-bond donors (Lipinski definition) is 1. The van der Waals surface area contributed by atoms with Crippen molar-refractivity contribution in [3.05, 3.63) is 24.3 Å². The molecular formula is C16H23N3O2. The van der Waals surface area contributed by atoms with Crippen LogP contribution in [0.4, 0.5) is 5.69 Å². The molecule has 1 aromatic rings. The number of nitrogens with two attached hydrogens (primary N) is 1. The number of ether oxygens (including phenoxy) is 2. The molecule has 114 valence electrons. The summed E-state index contributed by atoms with van der Waals surface area (Å²) >= 11 is 0. The van der Waals surface area contributed by atoms with Crippen molar-refractivity contribution in [2.24, 2.45) is 10.7 Å². The normalized spacial score (nSPS) is 28.8. The lowest BCUT2D eigenvalue weighted by molar-refractivity contribution is 0.0458. The number of hydrogen-bond acceptors (Lipinski definition) is 5. The molecule has 5 heteroatoms. The summed E-state index contributed by atoms with van der Waals surface area (Å²) in [5.41, 5.74) is 7.13. The SMILES string of the molecule is COc1ccccc1N1C(N)=NCC12CCCC(OC)C2. The molecule has 1 aliphatic heterocycles. The average Bonchev–Trinajstić information content (AvgIpc) is 2.83. The molecule has 1 aliphatic carbocycles. The fraction of sp³-hybridized carbons (Fsp3) is 0.562. The molecule has 1 fully saturated rings. The number of guanidine groups is 1. The molecule has 3 rings (SSSR count). The summed E-state index contributed by atoms with van der Waals surface area (Å²) in [5, 5.41) is 0. The van der Waals surface area contributed by atoms with Gasteiger partial charge in [-0.25, -0.2) is 0 Å². The highest BCUT2D eigenvalue weighted by Crippen LogP contribution is 2.43. The van der Waals surface area contributed by atoms with Crippen LogP contribution < -0.4 is 15.4 Å². The van der Waals surface area contributed by atoms with E-state index in [4.69, 9.17) is 15.2 Å². The van der Waals surface area contributed by atoms with Gasteiger partial charge in [-0.05, 0) is 37.8 Å². The summed E-state index contributed by atoms with van der Waals surface area (Å²) in [6.45, 7) is 0.733. The predicted molar refractivity (Wildman–Crippen MR) is 84.0 cm³/mol. The Morgan fingerprint density at radius 3 is 2.90 bits per heavy atom. The van der Waals surface area contributed by atoms with Gasteiger partial charge in [0.15, 0.2) is 5.96 Å². The number of benzene rings is 1. The van der Waals surface area contributed by atoms with Gasteiger partial charge in [-0.2, -0.15) is 0 Å². The molecule has 2 aliphatic rings. The molecule has 0 saturated heterocycles. The zero-order valence-corrected chi connectivity index (χ0v) is 12.7. The van der Waals surface area contributed by atoms with E-state index in [0.717, 1.165) is 43.7 Å². The van der Waals surface area contributed by atoms with Gasteiger partial charge in [-0.3, -0.25) is 4.99 Å². The highest BCUT2D eigenvalue weighted by molar-refractivity contribution is 5.99. The molecule has 2 N–H and O–H groups in total. The van der Waals surface area contributed by atoms with Crippen LogP contribution in [-0.4, -0.2) is 38.4 Å². The maximum atomic E-state index is 6.21. The summed E-state index contributed by atoms with van der Waals surface area (Å²) in [5.74, 6) is 1.41. The van der Waals surface area contributed by atoms with Crippen LogP contribution in [0, 0.1) is 0 Å². The van der Waals surface area contributed by atoms with Crippen LogP contribution in [0.2, 0.25) is 0 Å². The minimum atomic E-state index is -0.0718. The van der Waals surface area contributed by atoms with Gasteiger partial charge in [0.05, 0.1) is 31.0 Å². The number of anilines is 1. The van der Waals surface area contributed by atoms with Gasteiger partial charge >= 0.3 is 0 Å². The van der Waals surface area contributed by atoms with Gasteiger partial charge in [-0.15, -0.1) is 0 Å². The first-order chi connectivity index (χ1) is 10.2. The van der Waals surface area contributed by atoms with Crippen molar-refractivity contribution in [3.8, 4) is 5.75 Å². The minimum absolute atomic E-state index is 0.0718. The van der Waals surface area contributed by atoms with Crippen LogP contribution in [0.1, 0.15) is 25.7 Å². The smallest absolute Gasteiger partial charge is 0.196 e. The van der Waals surface area contributed by atoms with Gasteiger partial charge in [0.1, 0.15) is 5.75 Å². The van der Waals surface area contributed by atoms with Crippen LogP contribution in [-0.2, 0) is 4.74 Å². The highest BCUT2D eigenvalue weighted by atomic mass is 16.5. The first-order valence-corrected chi connectivity index (χ1v) is 7.46. The number of nitrogens with zero attached hydrogens (tertiary/aromatic N) is 2. The number of methoxy groups -OCH3 is 2. The Hall–Kier alpha value is -1.75. The minimum Gasteiger partial charge on any atom is -0.495 e. The fourth-order valence-electron chi connectivity index (χ4n) is 3.64. The van der Waals surface area contributed by atoms with E-state index in [1.165, 1.54) is 0 Å². The van der Waals surface area contributed by atoms with Gasteiger partial charge in [0, 0.05) is 7.11 Å². The van der Waals surface area contributed by atoms with E-state index >= 15 is 0 Å². The van der Waals surface area contributed by atoms with Gasteiger partial charge in [0.25, 0.3) is 0 Å². The van der Waals surface area contributed by atoms with E-state index in [9.17, 15) is 0 Å². The lowest BCUT2D eigenvalue weighted by Gasteiger charge is -2.44. The van der Waals surface area contributed by atoms with Crippen LogP contribution in [0.25, 0.3) is 0 Å². The maximum absolute atomic E-state index is 6.21. The molecule has 0 amide bonds. The molecular weight excluding hydrogens is 266 g/mol. The molecule has 1 heterocycles. The van der Waals surface area contributed by atoms with Crippen LogP contribution >= 0.6 is 0 Å². The molecule has 21 heavy (non-hydrogen) atoms. The van der Waals surface area contributed by atoms with E-state index in [1.807, 2.05) is 24.3 Å². The Kier molecular flexibility index (Phi) is 3.76. The summed E-state index contributed by atoms with van der Waals surface area (Å²) < 4.78 is 11.1. The van der Waals surface area contributed by atoms with Crippen LogP contribution in [0.3, 0.4) is 0 Å². The molecule has 0 bridgehead atoms. The van der Waals surface area contributed by atoms with E-state index in [-0.39, 0.29) is 11.6 Å². The van der Waals surface area contributed by atoms with E-state index in [1.54, 1.807) is 14.2 Å². The van der Waals surface area contributed by atoms with Gasteiger partial charge in [-0.1, -0.05) is 12.1 Å². The molecule has 2 atom stereocenters. The number of rotatable bonds is 3. The summed E-state index contributed by atoms with van der Waals surface area (Å²) in [6, 6.07) is 7.99. The Labute approximate surface area is 125 Å². The molecule has 0 aromatic heterocycles. The fourth-order valence-corrected chi connectivity index (χ4v) is 3.64. The highest BCUT2D eigenvalue weighted by Gasteiger charge is 2.47. The van der Waals surface area contributed by atoms with Crippen LogP contribution in [0.15, 0.2) is 29.3 Å². The van der Waals surface area contributed by atoms with Crippen molar-refractivity contribution in [1.82, 2.24) is 0 Å². The van der Waals surface area contributed by atoms with E-state index < -0.39 is 0 Å². The van der Waals surface area contributed by atoms with Crippen molar-refractivity contribution in [2.75, 3.05) is 25.7 Å². The average molecular weight is 289 g/mol. The quantitative estimate of drug-likeness (QED) is 0.926. The van der Waals surface area contributed by atoms with E-state index in [0.29, 0.717) is 5.96 Å².